The van der Waals surface area contributed by atoms with Crippen LogP contribution in [0.5, 0.6) is 0 Å². The van der Waals surface area contributed by atoms with Gasteiger partial charge in [0.1, 0.15) is 5.82 Å². The molecule has 4 rings (SSSR count). The Bertz CT molecular complexity index is 766. The van der Waals surface area contributed by atoms with E-state index in [2.05, 4.69) is 11.9 Å². The molecule has 1 N–H and O–H groups in total. The molecule has 4 nitrogen and oxygen atoms in total. The van der Waals surface area contributed by atoms with Crippen molar-refractivity contribution in [2.24, 2.45) is 0 Å². The first-order valence-electron chi connectivity index (χ1n) is 8.61. The molecule has 0 spiro atoms. The van der Waals surface area contributed by atoms with E-state index in [1.54, 1.807) is 6.07 Å². The maximum atomic E-state index is 13.9. The van der Waals surface area contributed by atoms with Crippen LogP contribution in [0.4, 0.5) is 14.9 Å². The predicted octanol–water partition coefficient (Wildman–Crippen LogP) is 4.66. The average Bonchev–Trinajstić information content (AvgIpc) is 3.16. The van der Waals surface area contributed by atoms with Gasteiger partial charge in [0.15, 0.2) is 0 Å². The third-order valence-corrected chi connectivity index (χ3v) is 6.38. The number of anilines is 1. The molecule has 0 radical (unpaired) electrons. The molecule has 6 heteroatoms. The van der Waals surface area contributed by atoms with Crippen molar-refractivity contribution >= 4 is 23.1 Å². The number of hydrogen-bond acceptors (Lipinski definition) is 3. The summed E-state index contributed by atoms with van der Waals surface area (Å²) in [4.78, 5) is 16.0. The van der Waals surface area contributed by atoms with Crippen LogP contribution in [0.1, 0.15) is 25.7 Å². The minimum atomic E-state index is -0.961. The van der Waals surface area contributed by atoms with Crippen molar-refractivity contribution in [2.75, 3.05) is 11.9 Å². The maximum absolute atomic E-state index is 13.9. The number of nitrogens with zero attached hydrogens (tertiary/aromatic N) is 2. The second-order valence-electron chi connectivity index (χ2n) is 7.00. The molecule has 25 heavy (non-hydrogen) atoms. The number of fused-ring (bicyclic) bond motifs is 2. The van der Waals surface area contributed by atoms with E-state index >= 15 is 0 Å². The summed E-state index contributed by atoms with van der Waals surface area (Å²) in [6, 6.07) is 7.12. The Labute approximate surface area is 150 Å². The zero-order valence-electron chi connectivity index (χ0n) is 14.1. The van der Waals surface area contributed by atoms with Crippen LogP contribution >= 0.6 is 11.3 Å². The fourth-order valence-electron chi connectivity index (χ4n) is 4.42. The van der Waals surface area contributed by atoms with Gasteiger partial charge in [-0.05, 0) is 73.3 Å². The smallest absolute Gasteiger partial charge is 0.412 e. The van der Waals surface area contributed by atoms with E-state index < -0.39 is 6.09 Å². The van der Waals surface area contributed by atoms with Crippen molar-refractivity contribution in [1.82, 2.24) is 4.90 Å². The predicted molar refractivity (Wildman–Crippen MR) is 97.8 cm³/mol. The molecule has 1 aromatic carbocycles. The Morgan fingerprint density at radius 3 is 2.60 bits per heavy atom. The van der Waals surface area contributed by atoms with E-state index in [1.807, 2.05) is 16.8 Å². The summed E-state index contributed by atoms with van der Waals surface area (Å²) in [5.74, 6) is -0.348. The molecule has 2 bridgehead atoms. The van der Waals surface area contributed by atoms with E-state index in [1.165, 1.54) is 28.4 Å². The lowest BCUT2D eigenvalue weighted by Gasteiger charge is -2.41. The van der Waals surface area contributed by atoms with Gasteiger partial charge in [0, 0.05) is 23.7 Å². The van der Waals surface area contributed by atoms with Crippen molar-refractivity contribution in [1.29, 1.82) is 0 Å². The summed E-state index contributed by atoms with van der Waals surface area (Å²) in [5.41, 5.74) is 2.10. The first-order valence-corrected chi connectivity index (χ1v) is 9.55. The minimum Gasteiger partial charge on any atom is -0.465 e. The number of hydrogen-bond donors (Lipinski definition) is 1. The summed E-state index contributed by atoms with van der Waals surface area (Å²) in [5, 5.41) is 13.8. The standard InChI is InChI=1S/C19H21FN2O2S/c1-21-14-3-4-15(21)10-16(9-14)22(19(23)24)18-5-2-13(20)8-17(18)12-6-7-25-11-12/h2,5-8,11,14-16H,3-4,9-10H2,1H3,(H,23,24)/t14-,15+,16?. The lowest BCUT2D eigenvalue weighted by Crippen LogP contribution is -2.50. The number of piperidine rings is 1. The molecule has 1 aromatic heterocycles. The van der Waals surface area contributed by atoms with Gasteiger partial charge in [-0.1, -0.05) is 0 Å². The molecule has 3 heterocycles. The van der Waals surface area contributed by atoms with Crippen LogP contribution in [0.15, 0.2) is 35.0 Å². The zero-order chi connectivity index (χ0) is 17.6. The van der Waals surface area contributed by atoms with Crippen LogP contribution in [0.2, 0.25) is 0 Å². The van der Waals surface area contributed by atoms with Crippen molar-refractivity contribution < 1.29 is 14.3 Å². The molecule has 2 aliphatic rings. The summed E-state index contributed by atoms with van der Waals surface area (Å²) in [6.45, 7) is 0. The molecule has 2 aromatic rings. The van der Waals surface area contributed by atoms with E-state index in [-0.39, 0.29) is 11.9 Å². The van der Waals surface area contributed by atoms with E-state index in [0.717, 1.165) is 31.2 Å². The van der Waals surface area contributed by atoms with Crippen molar-refractivity contribution in [2.45, 2.75) is 43.8 Å². The van der Waals surface area contributed by atoms with Crippen LogP contribution in [-0.4, -0.2) is 41.3 Å². The van der Waals surface area contributed by atoms with E-state index in [0.29, 0.717) is 23.3 Å². The van der Waals surface area contributed by atoms with Gasteiger partial charge in [0.05, 0.1) is 5.69 Å². The molecule has 2 fully saturated rings. The SMILES string of the molecule is CN1[C@@H]2CC[C@H]1CC(N(C(=O)O)c1ccc(F)cc1-c1ccsc1)C2. The first kappa shape index (κ1) is 16.5. The van der Waals surface area contributed by atoms with Gasteiger partial charge in [0.2, 0.25) is 0 Å². The maximum Gasteiger partial charge on any atom is 0.412 e. The van der Waals surface area contributed by atoms with Crippen LogP contribution in [0, 0.1) is 5.82 Å². The highest BCUT2D eigenvalue weighted by atomic mass is 32.1. The molecule has 132 valence electrons. The van der Waals surface area contributed by atoms with E-state index in [4.69, 9.17) is 0 Å². The van der Waals surface area contributed by atoms with Crippen molar-refractivity contribution in [3.05, 3.63) is 40.8 Å². The average molecular weight is 360 g/mol. The molecule has 1 unspecified atom stereocenters. The molecular weight excluding hydrogens is 339 g/mol. The van der Waals surface area contributed by atoms with Gasteiger partial charge in [-0.3, -0.25) is 4.90 Å². The van der Waals surface area contributed by atoms with Gasteiger partial charge >= 0.3 is 6.09 Å². The Kier molecular flexibility index (Phi) is 4.25. The molecular formula is C19H21FN2O2S. The monoisotopic (exact) mass is 360 g/mol. The van der Waals surface area contributed by atoms with Gasteiger partial charge in [-0.25, -0.2) is 9.18 Å². The lowest BCUT2D eigenvalue weighted by atomic mass is 9.95. The number of carboxylic acid groups (broad SMARTS) is 1. The second-order valence-corrected chi connectivity index (χ2v) is 7.78. The minimum absolute atomic E-state index is 0.0611. The van der Waals surface area contributed by atoms with Gasteiger partial charge in [-0.2, -0.15) is 11.3 Å². The number of benzene rings is 1. The zero-order valence-corrected chi connectivity index (χ0v) is 14.9. The van der Waals surface area contributed by atoms with Crippen LogP contribution in [0.25, 0.3) is 11.1 Å². The molecule has 2 saturated heterocycles. The molecule has 0 saturated carbocycles. The fraction of sp³-hybridized carbons (Fsp3) is 0.421. The Morgan fingerprint density at radius 2 is 2.00 bits per heavy atom. The molecule has 2 aliphatic heterocycles. The first-order chi connectivity index (χ1) is 12.0. The number of halogens is 1. The highest BCUT2D eigenvalue weighted by Crippen LogP contribution is 2.40. The summed E-state index contributed by atoms with van der Waals surface area (Å²) >= 11 is 1.52. The second kappa shape index (κ2) is 6.42. The molecule has 0 aliphatic carbocycles. The molecule has 1 amide bonds. The Balaban J connectivity index is 1.74. The van der Waals surface area contributed by atoms with Crippen molar-refractivity contribution in [3.63, 3.8) is 0 Å². The van der Waals surface area contributed by atoms with E-state index in [9.17, 15) is 14.3 Å². The quantitative estimate of drug-likeness (QED) is 0.865. The molecule has 3 atom stereocenters. The summed E-state index contributed by atoms with van der Waals surface area (Å²) < 4.78 is 13.9. The summed E-state index contributed by atoms with van der Waals surface area (Å²) in [7, 11) is 2.14. The van der Waals surface area contributed by atoms with Gasteiger partial charge < -0.3 is 10.0 Å². The number of carbonyl (C=O) groups is 1. The Hall–Kier alpha value is -1.92. The third kappa shape index (κ3) is 2.93. The van der Waals surface area contributed by atoms with Crippen LogP contribution in [0.3, 0.4) is 0 Å². The summed E-state index contributed by atoms with van der Waals surface area (Å²) in [6.07, 6.45) is 2.97. The normalized spacial score (nSPS) is 25.9. The highest BCUT2D eigenvalue weighted by Gasteiger charge is 2.42. The van der Waals surface area contributed by atoms with Gasteiger partial charge in [-0.15, -0.1) is 0 Å². The topological polar surface area (TPSA) is 43.8 Å². The van der Waals surface area contributed by atoms with Crippen LogP contribution < -0.4 is 4.90 Å². The number of rotatable bonds is 3. The third-order valence-electron chi connectivity index (χ3n) is 5.69. The fourth-order valence-corrected chi connectivity index (χ4v) is 5.07. The van der Waals surface area contributed by atoms with Gasteiger partial charge in [0.25, 0.3) is 0 Å². The number of amides is 1. The largest absolute Gasteiger partial charge is 0.465 e. The highest BCUT2D eigenvalue weighted by molar-refractivity contribution is 7.08. The Morgan fingerprint density at radius 1 is 1.28 bits per heavy atom. The number of thiophene rings is 1. The van der Waals surface area contributed by atoms with Crippen molar-refractivity contribution in [3.8, 4) is 11.1 Å². The van der Waals surface area contributed by atoms with Crippen LogP contribution in [-0.2, 0) is 0 Å². The lowest BCUT2D eigenvalue weighted by molar-refractivity contribution is 0.151.